The Labute approximate surface area is 130 Å². The van der Waals surface area contributed by atoms with Gasteiger partial charge in [-0.3, -0.25) is 0 Å². The van der Waals surface area contributed by atoms with Gasteiger partial charge in [-0.05, 0) is 31.2 Å². The van der Waals surface area contributed by atoms with Crippen molar-refractivity contribution >= 4 is 17.4 Å². The number of nitrogens with two attached hydrogens (primary N) is 1. The van der Waals surface area contributed by atoms with Crippen molar-refractivity contribution in [3.8, 4) is 5.75 Å². The van der Waals surface area contributed by atoms with Gasteiger partial charge in [0.15, 0.2) is 0 Å². The Bertz CT molecular complexity index is 604. The van der Waals surface area contributed by atoms with Crippen molar-refractivity contribution in [1.29, 1.82) is 0 Å². The van der Waals surface area contributed by atoms with Crippen LogP contribution in [-0.4, -0.2) is 18.6 Å². The van der Waals surface area contributed by atoms with Gasteiger partial charge in [0.2, 0.25) is 0 Å². The summed E-state index contributed by atoms with van der Waals surface area (Å²) in [5, 5.41) is 4.14. The minimum absolute atomic E-state index is 0.0779. The van der Waals surface area contributed by atoms with Gasteiger partial charge in [-0.1, -0.05) is 30.7 Å². The lowest BCUT2D eigenvalue weighted by atomic mass is 9.98. The first-order valence-corrected chi connectivity index (χ1v) is 7.32. The molecule has 0 amide bonds. The third-order valence-corrected chi connectivity index (χ3v) is 3.52. The van der Waals surface area contributed by atoms with Crippen molar-refractivity contribution in [3.05, 3.63) is 52.7 Å². The largest absolute Gasteiger partial charge is 0.496 e. The van der Waals surface area contributed by atoms with E-state index in [-0.39, 0.29) is 6.04 Å². The molecule has 3 N–H and O–H groups in total. The van der Waals surface area contributed by atoms with Gasteiger partial charge < -0.3 is 15.8 Å². The summed E-state index contributed by atoms with van der Waals surface area (Å²) in [6, 6.07) is 9.40. The molecule has 0 radical (unpaired) electrons. The first-order valence-electron chi connectivity index (χ1n) is 6.94. The first-order chi connectivity index (χ1) is 10.2. The quantitative estimate of drug-likeness (QED) is 0.858. The summed E-state index contributed by atoms with van der Waals surface area (Å²) in [5.74, 6) is 1.25. The summed E-state index contributed by atoms with van der Waals surface area (Å²) in [7, 11) is 1.64. The fourth-order valence-corrected chi connectivity index (χ4v) is 2.44. The number of hydrogen-bond acceptors (Lipinski definition) is 4. The SMILES string of the molecule is CCCNC(c1ccc(Cl)cc1OC)c1cccnc1N. The molecule has 0 saturated heterocycles. The van der Waals surface area contributed by atoms with E-state index in [4.69, 9.17) is 22.1 Å². The molecule has 0 aliphatic carbocycles. The Hall–Kier alpha value is -1.78. The number of aromatic nitrogens is 1. The average Bonchev–Trinajstić information content (AvgIpc) is 2.50. The molecule has 0 spiro atoms. The Balaban J connectivity index is 2.48. The number of nitrogen functional groups attached to an aromatic ring is 1. The highest BCUT2D eigenvalue weighted by atomic mass is 35.5. The maximum Gasteiger partial charge on any atom is 0.128 e. The number of halogens is 1. The number of nitrogens with zero attached hydrogens (tertiary/aromatic N) is 1. The normalized spacial score (nSPS) is 12.1. The zero-order valence-corrected chi connectivity index (χ0v) is 13.0. The molecule has 1 unspecified atom stereocenters. The Morgan fingerprint density at radius 2 is 2.14 bits per heavy atom. The second kappa shape index (κ2) is 7.29. The maximum absolute atomic E-state index is 6.04. The molecule has 1 aromatic heterocycles. The standard InChI is InChI=1S/C16H20ClN3O/c1-3-8-19-15(13-5-4-9-20-16(13)18)12-7-6-11(17)10-14(12)21-2/h4-7,9-10,15,19H,3,8H2,1-2H3,(H2,18,20). The third kappa shape index (κ3) is 3.65. The summed E-state index contributed by atoms with van der Waals surface area (Å²) < 4.78 is 5.46. The van der Waals surface area contributed by atoms with E-state index in [0.29, 0.717) is 10.8 Å². The van der Waals surface area contributed by atoms with Crippen LogP contribution in [0, 0.1) is 0 Å². The molecule has 2 aromatic rings. The van der Waals surface area contributed by atoms with Gasteiger partial charge in [0.1, 0.15) is 11.6 Å². The van der Waals surface area contributed by atoms with E-state index in [1.165, 1.54) is 0 Å². The van der Waals surface area contributed by atoms with Crippen molar-refractivity contribution in [3.63, 3.8) is 0 Å². The number of rotatable bonds is 6. The van der Waals surface area contributed by atoms with E-state index in [0.717, 1.165) is 29.8 Å². The van der Waals surface area contributed by atoms with Crippen molar-refractivity contribution in [2.45, 2.75) is 19.4 Å². The number of pyridine rings is 1. The monoisotopic (exact) mass is 305 g/mol. The molecule has 0 saturated carbocycles. The molecule has 21 heavy (non-hydrogen) atoms. The lowest BCUT2D eigenvalue weighted by molar-refractivity contribution is 0.404. The van der Waals surface area contributed by atoms with Gasteiger partial charge in [-0.15, -0.1) is 0 Å². The van der Waals surface area contributed by atoms with E-state index in [1.54, 1.807) is 13.3 Å². The van der Waals surface area contributed by atoms with Crippen LogP contribution < -0.4 is 15.8 Å². The summed E-state index contributed by atoms with van der Waals surface area (Å²) in [5.41, 5.74) is 7.97. The van der Waals surface area contributed by atoms with Crippen LogP contribution >= 0.6 is 11.6 Å². The van der Waals surface area contributed by atoms with Gasteiger partial charge in [0.05, 0.1) is 13.2 Å². The van der Waals surface area contributed by atoms with Crippen molar-refractivity contribution in [2.24, 2.45) is 0 Å². The van der Waals surface area contributed by atoms with Gasteiger partial charge in [0, 0.05) is 22.3 Å². The topological polar surface area (TPSA) is 60.2 Å². The number of nitrogens with one attached hydrogen (secondary N) is 1. The van der Waals surface area contributed by atoms with Crippen LogP contribution in [0.3, 0.4) is 0 Å². The molecule has 0 bridgehead atoms. The first kappa shape index (κ1) is 15.6. The number of benzene rings is 1. The van der Waals surface area contributed by atoms with Crippen LogP contribution in [0.4, 0.5) is 5.82 Å². The van der Waals surface area contributed by atoms with Crippen molar-refractivity contribution in [2.75, 3.05) is 19.4 Å². The lowest BCUT2D eigenvalue weighted by Gasteiger charge is -2.22. The summed E-state index contributed by atoms with van der Waals surface area (Å²) in [6.45, 7) is 2.99. The molecule has 0 aliphatic rings. The smallest absolute Gasteiger partial charge is 0.128 e. The second-order valence-electron chi connectivity index (χ2n) is 4.75. The minimum Gasteiger partial charge on any atom is -0.496 e. The van der Waals surface area contributed by atoms with Crippen LogP contribution in [-0.2, 0) is 0 Å². The predicted molar refractivity (Wildman–Crippen MR) is 86.8 cm³/mol. The van der Waals surface area contributed by atoms with Crippen molar-refractivity contribution in [1.82, 2.24) is 10.3 Å². The number of methoxy groups -OCH3 is 1. The van der Waals surface area contributed by atoms with Gasteiger partial charge in [-0.2, -0.15) is 0 Å². The molecule has 4 nitrogen and oxygen atoms in total. The highest BCUT2D eigenvalue weighted by Gasteiger charge is 2.20. The number of hydrogen-bond donors (Lipinski definition) is 2. The fourth-order valence-electron chi connectivity index (χ4n) is 2.27. The summed E-state index contributed by atoms with van der Waals surface area (Å²) in [6.07, 6.45) is 2.71. The molecular formula is C16H20ClN3O. The minimum atomic E-state index is -0.0779. The van der Waals surface area contributed by atoms with E-state index in [9.17, 15) is 0 Å². The molecule has 1 atom stereocenters. The molecule has 0 aliphatic heterocycles. The van der Waals surface area contributed by atoms with Gasteiger partial charge in [0.25, 0.3) is 0 Å². The van der Waals surface area contributed by atoms with E-state index in [2.05, 4.69) is 17.2 Å². The lowest BCUT2D eigenvalue weighted by Crippen LogP contribution is -2.24. The van der Waals surface area contributed by atoms with E-state index >= 15 is 0 Å². The van der Waals surface area contributed by atoms with Gasteiger partial charge >= 0.3 is 0 Å². The zero-order valence-electron chi connectivity index (χ0n) is 12.3. The van der Waals surface area contributed by atoms with Crippen LogP contribution in [0.25, 0.3) is 0 Å². The maximum atomic E-state index is 6.04. The molecule has 2 rings (SSSR count). The Kier molecular flexibility index (Phi) is 5.42. The fraction of sp³-hybridized carbons (Fsp3) is 0.312. The molecule has 0 fully saturated rings. The molecule has 1 aromatic carbocycles. The van der Waals surface area contributed by atoms with Crippen LogP contribution in [0.15, 0.2) is 36.5 Å². The second-order valence-corrected chi connectivity index (χ2v) is 5.19. The van der Waals surface area contributed by atoms with E-state index in [1.807, 2.05) is 30.3 Å². The van der Waals surface area contributed by atoms with Crippen LogP contribution in [0.5, 0.6) is 5.75 Å². The van der Waals surface area contributed by atoms with E-state index < -0.39 is 0 Å². The number of ether oxygens (including phenoxy) is 1. The zero-order chi connectivity index (χ0) is 15.2. The summed E-state index contributed by atoms with van der Waals surface area (Å²) >= 11 is 6.04. The Morgan fingerprint density at radius 1 is 1.33 bits per heavy atom. The average molecular weight is 306 g/mol. The molecule has 112 valence electrons. The third-order valence-electron chi connectivity index (χ3n) is 3.29. The van der Waals surface area contributed by atoms with Crippen LogP contribution in [0.2, 0.25) is 5.02 Å². The highest BCUT2D eigenvalue weighted by Crippen LogP contribution is 2.33. The Morgan fingerprint density at radius 3 is 2.81 bits per heavy atom. The highest BCUT2D eigenvalue weighted by molar-refractivity contribution is 6.30. The summed E-state index contributed by atoms with van der Waals surface area (Å²) in [4.78, 5) is 4.18. The molecular weight excluding hydrogens is 286 g/mol. The molecule has 5 heteroatoms. The van der Waals surface area contributed by atoms with Crippen LogP contribution in [0.1, 0.15) is 30.5 Å². The molecule has 1 heterocycles. The van der Waals surface area contributed by atoms with Gasteiger partial charge in [-0.25, -0.2) is 4.98 Å². The van der Waals surface area contributed by atoms with Crippen molar-refractivity contribution < 1.29 is 4.74 Å². The predicted octanol–water partition coefficient (Wildman–Crippen LogP) is 3.41. The number of anilines is 1.